The number of benzene rings is 2. The number of aryl methyl sites for hydroxylation is 1. The first-order valence-electron chi connectivity index (χ1n) is 11.3. The van der Waals surface area contributed by atoms with Gasteiger partial charge in [-0.15, -0.1) is 0 Å². The zero-order valence-corrected chi connectivity index (χ0v) is 19.3. The molecule has 0 amide bonds. The van der Waals surface area contributed by atoms with Crippen molar-refractivity contribution in [2.24, 2.45) is 0 Å². The molecular formula is C26H29N3O4. The van der Waals surface area contributed by atoms with Gasteiger partial charge in [-0.05, 0) is 43.7 Å². The molecule has 1 aliphatic heterocycles. The molecule has 7 heteroatoms. The molecule has 0 saturated carbocycles. The van der Waals surface area contributed by atoms with E-state index in [0.717, 1.165) is 43.7 Å². The van der Waals surface area contributed by atoms with Crippen LogP contribution in [0.1, 0.15) is 11.1 Å². The summed E-state index contributed by atoms with van der Waals surface area (Å²) in [6, 6.07) is 12.2. The molecule has 3 heterocycles. The number of piperazine rings is 1. The fourth-order valence-electron chi connectivity index (χ4n) is 4.56. The van der Waals surface area contributed by atoms with E-state index in [2.05, 4.69) is 39.0 Å². The molecule has 0 spiro atoms. The molecule has 0 unspecified atom stereocenters. The topological polar surface area (TPSA) is 70.9 Å². The molecule has 2 aromatic heterocycles. The van der Waals surface area contributed by atoms with Crippen molar-refractivity contribution in [1.29, 1.82) is 0 Å². The van der Waals surface area contributed by atoms with Crippen molar-refractivity contribution in [3.05, 3.63) is 64.1 Å². The highest BCUT2D eigenvalue weighted by Gasteiger charge is 2.19. The van der Waals surface area contributed by atoms with Crippen LogP contribution in [0.5, 0.6) is 11.5 Å². The van der Waals surface area contributed by atoms with Gasteiger partial charge in [-0.2, -0.15) is 0 Å². The van der Waals surface area contributed by atoms with Crippen LogP contribution in [0.4, 0.5) is 5.69 Å². The quantitative estimate of drug-likeness (QED) is 0.449. The zero-order chi connectivity index (χ0) is 22.9. The minimum Gasteiger partial charge on any atom is -0.493 e. The summed E-state index contributed by atoms with van der Waals surface area (Å²) in [6.45, 7) is 9.06. The Labute approximate surface area is 192 Å². The number of methoxy groups -OCH3 is 1. The molecule has 1 fully saturated rings. The van der Waals surface area contributed by atoms with Gasteiger partial charge in [0, 0.05) is 72.5 Å². The Morgan fingerprint density at radius 3 is 2.61 bits per heavy atom. The van der Waals surface area contributed by atoms with Gasteiger partial charge in [0.15, 0.2) is 11.5 Å². The fourth-order valence-corrected chi connectivity index (χ4v) is 4.56. The maximum atomic E-state index is 12.0. The van der Waals surface area contributed by atoms with E-state index < -0.39 is 0 Å². The molecule has 1 N–H and O–H groups in total. The van der Waals surface area contributed by atoms with Crippen molar-refractivity contribution in [2.45, 2.75) is 13.8 Å². The molecular weight excluding hydrogens is 418 g/mol. The number of ether oxygens (including phenoxy) is 2. The highest BCUT2D eigenvalue weighted by molar-refractivity contribution is 5.92. The average molecular weight is 448 g/mol. The Balaban J connectivity index is 1.22. The van der Waals surface area contributed by atoms with Gasteiger partial charge in [0.05, 0.1) is 7.11 Å². The maximum absolute atomic E-state index is 12.0. The van der Waals surface area contributed by atoms with Gasteiger partial charge in [0.25, 0.3) is 0 Å². The first-order chi connectivity index (χ1) is 16.0. The number of nitrogens with one attached hydrogen (secondary N) is 1. The molecule has 1 aliphatic rings. The number of aromatic amines is 1. The number of fused-ring (bicyclic) bond motifs is 2. The number of H-pyrrole nitrogens is 1. The molecule has 7 nitrogen and oxygen atoms in total. The molecule has 1 saturated heterocycles. The Bertz CT molecular complexity index is 1350. The molecule has 172 valence electrons. The van der Waals surface area contributed by atoms with Gasteiger partial charge >= 0.3 is 5.63 Å². The van der Waals surface area contributed by atoms with Crippen molar-refractivity contribution >= 4 is 27.6 Å². The maximum Gasteiger partial charge on any atom is 0.339 e. The summed E-state index contributed by atoms with van der Waals surface area (Å²) in [5, 5.41) is 2.15. The summed E-state index contributed by atoms with van der Waals surface area (Å²) >= 11 is 0. The second-order valence-electron chi connectivity index (χ2n) is 8.53. The minimum absolute atomic E-state index is 0.317. The Morgan fingerprint density at radius 1 is 1.00 bits per heavy atom. The van der Waals surface area contributed by atoms with Gasteiger partial charge in [0.1, 0.15) is 12.2 Å². The van der Waals surface area contributed by atoms with Crippen LogP contribution >= 0.6 is 0 Å². The van der Waals surface area contributed by atoms with E-state index in [1.165, 1.54) is 16.6 Å². The molecule has 2 aromatic carbocycles. The number of nitrogens with zero attached hydrogens (tertiary/aromatic N) is 2. The number of anilines is 1. The Morgan fingerprint density at radius 2 is 1.82 bits per heavy atom. The Hall–Kier alpha value is -3.45. The lowest BCUT2D eigenvalue weighted by molar-refractivity contribution is 0.197. The third-order valence-electron chi connectivity index (χ3n) is 6.69. The van der Waals surface area contributed by atoms with Crippen LogP contribution in [0.25, 0.3) is 21.9 Å². The van der Waals surface area contributed by atoms with Crippen LogP contribution in [-0.4, -0.2) is 56.3 Å². The van der Waals surface area contributed by atoms with Crippen molar-refractivity contribution in [1.82, 2.24) is 9.88 Å². The largest absolute Gasteiger partial charge is 0.493 e. The van der Waals surface area contributed by atoms with Crippen LogP contribution in [0.3, 0.4) is 0 Å². The second-order valence-corrected chi connectivity index (χ2v) is 8.53. The lowest BCUT2D eigenvalue weighted by Crippen LogP contribution is -2.47. The average Bonchev–Trinajstić information content (AvgIpc) is 3.32. The van der Waals surface area contributed by atoms with Crippen LogP contribution in [0.15, 0.2) is 51.8 Å². The van der Waals surface area contributed by atoms with E-state index in [0.29, 0.717) is 29.3 Å². The van der Waals surface area contributed by atoms with Gasteiger partial charge < -0.3 is 23.8 Å². The monoisotopic (exact) mass is 447 g/mol. The van der Waals surface area contributed by atoms with Crippen LogP contribution in [-0.2, 0) is 0 Å². The van der Waals surface area contributed by atoms with E-state index in [-0.39, 0.29) is 5.63 Å². The number of rotatable bonds is 6. The number of hydrogen-bond donors (Lipinski definition) is 1. The Kier molecular flexibility index (Phi) is 5.72. The van der Waals surface area contributed by atoms with E-state index >= 15 is 0 Å². The highest BCUT2D eigenvalue weighted by atomic mass is 16.5. The summed E-state index contributed by atoms with van der Waals surface area (Å²) in [7, 11) is 1.59. The normalized spacial score (nSPS) is 14.8. The van der Waals surface area contributed by atoms with Crippen molar-refractivity contribution in [3.8, 4) is 11.5 Å². The van der Waals surface area contributed by atoms with E-state index in [1.807, 2.05) is 19.2 Å². The van der Waals surface area contributed by atoms with E-state index in [4.69, 9.17) is 13.9 Å². The third-order valence-corrected chi connectivity index (χ3v) is 6.69. The summed E-state index contributed by atoms with van der Waals surface area (Å²) < 4.78 is 17.0. The van der Waals surface area contributed by atoms with Crippen molar-refractivity contribution < 1.29 is 13.9 Å². The fraction of sp³-hybridized carbons (Fsp3) is 0.346. The summed E-state index contributed by atoms with van der Waals surface area (Å²) in [4.78, 5) is 20.2. The molecule has 0 bridgehead atoms. The van der Waals surface area contributed by atoms with Crippen molar-refractivity contribution in [2.75, 3.05) is 51.3 Å². The summed E-state index contributed by atoms with van der Waals surface area (Å²) in [5.74, 6) is 1.23. The molecule has 0 radical (unpaired) electrons. The molecule has 0 aliphatic carbocycles. The lowest BCUT2D eigenvalue weighted by Gasteiger charge is -2.36. The molecule has 5 rings (SSSR count). The summed E-state index contributed by atoms with van der Waals surface area (Å²) in [5.41, 5.74) is 4.19. The lowest BCUT2D eigenvalue weighted by atomic mass is 10.1. The molecule has 33 heavy (non-hydrogen) atoms. The standard InChI is InChI=1S/C26H29N3O4/c1-17-18(2)26(30)33-23-16-24(31-3)25(15-20(17)23)32-14-13-28-9-11-29(12-10-28)22-6-4-5-21-19(22)7-8-27-21/h4-8,15-16,27H,9-14H2,1-3H3. The predicted octanol–water partition coefficient (Wildman–Crippen LogP) is 4.10. The van der Waals surface area contributed by atoms with Crippen LogP contribution < -0.4 is 20.0 Å². The van der Waals surface area contributed by atoms with Gasteiger partial charge in [-0.1, -0.05) is 6.07 Å². The van der Waals surface area contributed by atoms with Gasteiger partial charge in [0.2, 0.25) is 0 Å². The van der Waals surface area contributed by atoms with Crippen molar-refractivity contribution in [3.63, 3.8) is 0 Å². The highest BCUT2D eigenvalue weighted by Crippen LogP contribution is 2.34. The first kappa shape index (κ1) is 21.4. The van der Waals surface area contributed by atoms with E-state index in [9.17, 15) is 4.79 Å². The SMILES string of the molecule is COc1cc2oc(=O)c(C)c(C)c2cc1OCCN1CCN(c2cccc3[nH]ccc23)CC1. The number of aromatic nitrogens is 1. The van der Waals surface area contributed by atoms with Gasteiger partial charge in [-0.25, -0.2) is 4.79 Å². The van der Waals surface area contributed by atoms with Gasteiger partial charge in [-0.3, -0.25) is 4.90 Å². The first-order valence-corrected chi connectivity index (χ1v) is 11.3. The summed E-state index contributed by atoms with van der Waals surface area (Å²) in [6.07, 6.45) is 2.00. The smallest absolute Gasteiger partial charge is 0.339 e. The third kappa shape index (κ3) is 4.04. The predicted molar refractivity (Wildman–Crippen MR) is 131 cm³/mol. The van der Waals surface area contributed by atoms with Crippen LogP contribution in [0, 0.1) is 13.8 Å². The van der Waals surface area contributed by atoms with Crippen LogP contribution in [0.2, 0.25) is 0 Å². The molecule has 0 atom stereocenters. The molecule has 4 aromatic rings. The zero-order valence-electron chi connectivity index (χ0n) is 19.3. The number of hydrogen-bond acceptors (Lipinski definition) is 6. The second kappa shape index (κ2) is 8.83. The van der Waals surface area contributed by atoms with E-state index in [1.54, 1.807) is 20.1 Å². The minimum atomic E-state index is -0.317.